The Morgan fingerprint density at radius 2 is 1.86 bits per heavy atom. The summed E-state index contributed by atoms with van der Waals surface area (Å²) >= 11 is 0. The van der Waals surface area contributed by atoms with Gasteiger partial charge in [-0.2, -0.15) is 0 Å². The van der Waals surface area contributed by atoms with E-state index in [0.29, 0.717) is 24.1 Å². The summed E-state index contributed by atoms with van der Waals surface area (Å²) in [6.07, 6.45) is 11.2. The molecule has 1 saturated heterocycles. The third kappa shape index (κ3) is 6.94. The van der Waals surface area contributed by atoms with Crippen LogP contribution in [0.1, 0.15) is 67.9 Å². The maximum absolute atomic E-state index is 12.5. The molecule has 2 N–H and O–H groups in total. The fourth-order valence-electron chi connectivity index (χ4n) is 4.04. The predicted octanol–water partition coefficient (Wildman–Crippen LogP) is 2.89. The highest BCUT2D eigenvalue weighted by Gasteiger charge is 2.24. The zero-order valence-electron chi connectivity index (χ0n) is 16.4. The van der Waals surface area contributed by atoms with E-state index in [9.17, 15) is 9.59 Å². The lowest BCUT2D eigenvalue weighted by Crippen LogP contribution is -2.37. The van der Waals surface area contributed by atoms with Gasteiger partial charge in [-0.1, -0.05) is 0 Å². The van der Waals surface area contributed by atoms with Gasteiger partial charge in [0.05, 0.1) is 13.4 Å². The largest absolute Gasteiger partial charge is 0.469 e. The lowest BCUT2D eigenvalue weighted by Gasteiger charge is -2.28. The molecule has 9 heteroatoms. The smallest absolute Gasteiger partial charge is 0.305 e. The fourth-order valence-corrected chi connectivity index (χ4v) is 4.04. The molecule has 0 aromatic carbocycles. The molecule has 1 amide bonds. The maximum atomic E-state index is 12.5. The molecule has 1 aromatic heterocycles. The number of amides is 1. The van der Waals surface area contributed by atoms with Crippen molar-refractivity contribution in [2.45, 2.75) is 63.5 Å². The van der Waals surface area contributed by atoms with Crippen molar-refractivity contribution in [3.05, 3.63) is 18.2 Å². The molecule has 7 nitrogen and oxygen atoms in total. The van der Waals surface area contributed by atoms with Gasteiger partial charge in [0, 0.05) is 24.7 Å². The first-order chi connectivity index (χ1) is 12.7. The second kappa shape index (κ2) is 12.3. The molecule has 3 rings (SSSR count). The zero-order valence-corrected chi connectivity index (χ0v) is 18.0. The molecule has 0 unspecified atom stereocenters. The summed E-state index contributed by atoms with van der Waals surface area (Å²) in [4.78, 5) is 28.0. The van der Waals surface area contributed by atoms with Crippen molar-refractivity contribution in [2.24, 2.45) is 5.92 Å². The van der Waals surface area contributed by atoms with Crippen molar-refractivity contribution in [3.63, 3.8) is 0 Å². The quantitative estimate of drug-likeness (QED) is 0.672. The molecule has 2 aliphatic rings. The summed E-state index contributed by atoms with van der Waals surface area (Å²) in [5, 5.41) is 6.48. The maximum Gasteiger partial charge on any atom is 0.305 e. The van der Waals surface area contributed by atoms with Crippen molar-refractivity contribution in [1.29, 1.82) is 0 Å². The van der Waals surface area contributed by atoms with Crippen LogP contribution in [0.2, 0.25) is 0 Å². The molecular weight excluding hydrogens is 403 g/mol. The topological polar surface area (TPSA) is 85.2 Å². The van der Waals surface area contributed by atoms with E-state index in [4.69, 9.17) is 4.74 Å². The lowest BCUT2D eigenvalue weighted by molar-refractivity contribution is -0.141. The number of hydrogen-bond donors (Lipinski definition) is 2. The average Bonchev–Trinajstić information content (AvgIpc) is 3.18. The van der Waals surface area contributed by atoms with E-state index < -0.39 is 0 Å². The summed E-state index contributed by atoms with van der Waals surface area (Å²) < 4.78 is 6.78. The van der Waals surface area contributed by atoms with Gasteiger partial charge in [0.15, 0.2) is 0 Å². The molecule has 160 valence electrons. The molecular formula is C19H32Cl2N4O3. The molecule has 0 spiro atoms. The van der Waals surface area contributed by atoms with E-state index in [1.54, 1.807) is 6.33 Å². The zero-order chi connectivity index (χ0) is 18.4. The average molecular weight is 435 g/mol. The molecule has 0 atom stereocenters. The minimum absolute atomic E-state index is 0. The Morgan fingerprint density at radius 3 is 2.50 bits per heavy atom. The van der Waals surface area contributed by atoms with Crippen LogP contribution in [0.5, 0.6) is 0 Å². The van der Waals surface area contributed by atoms with Crippen molar-refractivity contribution in [2.75, 3.05) is 20.2 Å². The summed E-state index contributed by atoms with van der Waals surface area (Å²) in [5.41, 5.74) is 0.511. The summed E-state index contributed by atoms with van der Waals surface area (Å²) in [5.74, 6) is 0.349. The van der Waals surface area contributed by atoms with Crippen LogP contribution >= 0.6 is 24.8 Å². The van der Waals surface area contributed by atoms with Crippen LogP contribution in [-0.4, -0.2) is 47.7 Å². The number of aromatic nitrogens is 2. The highest BCUT2D eigenvalue weighted by molar-refractivity contribution is 5.92. The first kappa shape index (κ1) is 24.7. The van der Waals surface area contributed by atoms with Gasteiger partial charge < -0.3 is 19.9 Å². The van der Waals surface area contributed by atoms with E-state index in [0.717, 1.165) is 58.0 Å². The first-order valence-electron chi connectivity index (χ1n) is 9.77. The Hall–Kier alpha value is -1.31. The number of imidazole rings is 1. The molecule has 2 fully saturated rings. The summed E-state index contributed by atoms with van der Waals surface area (Å²) in [7, 11) is 1.43. The molecule has 1 aliphatic heterocycles. The van der Waals surface area contributed by atoms with Crippen LogP contribution in [0.15, 0.2) is 12.5 Å². The number of nitrogens with one attached hydrogen (secondary N) is 2. The molecule has 2 heterocycles. The van der Waals surface area contributed by atoms with Crippen molar-refractivity contribution < 1.29 is 14.3 Å². The molecule has 1 saturated carbocycles. The number of nitrogens with zero attached hydrogens (tertiary/aromatic N) is 2. The third-order valence-electron chi connectivity index (χ3n) is 5.73. The molecule has 0 bridgehead atoms. The Labute approximate surface area is 179 Å². The van der Waals surface area contributed by atoms with E-state index in [1.165, 1.54) is 7.11 Å². The van der Waals surface area contributed by atoms with E-state index in [-0.39, 0.29) is 42.7 Å². The van der Waals surface area contributed by atoms with Crippen molar-refractivity contribution in [3.8, 4) is 0 Å². The van der Waals surface area contributed by atoms with Gasteiger partial charge in [0.2, 0.25) is 0 Å². The van der Waals surface area contributed by atoms with E-state index in [1.807, 2.05) is 6.20 Å². The number of ether oxygens (including phenoxy) is 1. The Balaban J connectivity index is 0.00000196. The normalized spacial score (nSPS) is 22.5. The predicted molar refractivity (Wildman–Crippen MR) is 112 cm³/mol. The molecule has 28 heavy (non-hydrogen) atoms. The highest BCUT2D eigenvalue weighted by atomic mass is 35.5. The molecule has 0 radical (unpaired) electrons. The van der Waals surface area contributed by atoms with E-state index in [2.05, 4.69) is 20.2 Å². The van der Waals surface area contributed by atoms with Crippen LogP contribution < -0.4 is 10.6 Å². The Morgan fingerprint density at radius 1 is 1.18 bits per heavy atom. The second-order valence-corrected chi connectivity index (χ2v) is 7.49. The number of hydrogen-bond acceptors (Lipinski definition) is 5. The highest BCUT2D eigenvalue weighted by Crippen LogP contribution is 2.28. The van der Waals surface area contributed by atoms with Gasteiger partial charge in [-0.05, 0) is 64.0 Å². The number of esters is 1. The van der Waals surface area contributed by atoms with Gasteiger partial charge in [-0.15, -0.1) is 24.8 Å². The first-order valence-corrected chi connectivity index (χ1v) is 9.77. The van der Waals surface area contributed by atoms with Crippen LogP contribution in [-0.2, 0) is 9.53 Å². The van der Waals surface area contributed by atoms with Crippen LogP contribution in [0.3, 0.4) is 0 Å². The van der Waals surface area contributed by atoms with Crippen molar-refractivity contribution >= 4 is 36.7 Å². The number of carbonyl (C=O) groups is 2. The van der Waals surface area contributed by atoms with Gasteiger partial charge in [0.1, 0.15) is 5.69 Å². The summed E-state index contributed by atoms with van der Waals surface area (Å²) in [6.45, 7) is 2.03. The Bertz CT molecular complexity index is 612. The lowest BCUT2D eigenvalue weighted by atomic mass is 9.83. The van der Waals surface area contributed by atoms with Gasteiger partial charge in [-0.25, -0.2) is 4.98 Å². The van der Waals surface area contributed by atoms with Crippen LogP contribution in [0, 0.1) is 5.92 Å². The molecule has 1 aliphatic carbocycles. The van der Waals surface area contributed by atoms with Crippen LogP contribution in [0.25, 0.3) is 0 Å². The molecule has 1 aromatic rings. The SMILES string of the molecule is COC(=O)CC[C@H]1CC[C@H](NC(=O)c2cn(C3CCNCC3)cn2)CC1.Cl.Cl. The summed E-state index contributed by atoms with van der Waals surface area (Å²) in [6, 6.07) is 0.649. The number of halogens is 2. The van der Waals surface area contributed by atoms with Gasteiger partial charge in [0.25, 0.3) is 5.91 Å². The number of carbonyl (C=O) groups excluding carboxylic acids is 2. The monoisotopic (exact) mass is 434 g/mol. The second-order valence-electron chi connectivity index (χ2n) is 7.49. The third-order valence-corrected chi connectivity index (χ3v) is 5.73. The number of rotatable bonds is 6. The van der Waals surface area contributed by atoms with Crippen molar-refractivity contribution in [1.82, 2.24) is 20.2 Å². The van der Waals surface area contributed by atoms with Gasteiger partial charge in [-0.3, -0.25) is 9.59 Å². The fraction of sp³-hybridized carbons (Fsp3) is 0.737. The minimum atomic E-state index is -0.134. The minimum Gasteiger partial charge on any atom is -0.469 e. The van der Waals surface area contributed by atoms with Gasteiger partial charge >= 0.3 is 5.97 Å². The Kier molecular flexibility index (Phi) is 10.9. The number of piperidine rings is 1. The standard InChI is InChI=1S/C19H30N4O3.2ClH/c1-26-18(24)7-4-14-2-5-15(6-3-14)22-19(25)17-12-23(13-21-17)16-8-10-20-11-9-16;;/h12-16,20H,2-11H2,1H3,(H,22,25);2*1H/t14-,15-;;. The number of methoxy groups -OCH3 is 1. The van der Waals surface area contributed by atoms with E-state index >= 15 is 0 Å². The van der Waals surface area contributed by atoms with Crippen LogP contribution in [0.4, 0.5) is 0 Å².